The van der Waals surface area contributed by atoms with Gasteiger partial charge in [0, 0.05) is 11.6 Å². The van der Waals surface area contributed by atoms with Crippen molar-refractivity contribution < 1.29 is 14.1 Å². The Kier molecular flexibility index (Phi) is 3.57. The molecule has 2 aromatic rings. The van der Waals surface area contributed by atoms with Crippen molar-refractivity contribution in [1.82, 2.24) is 0 Å². The third-order valence-corrected chi connectivity index (χ3v) is 2.89. The quantitative estimate of drug-likeness (QED) is 0.487. The topological polar surface area (TPSA) is 60.2 Å². The fourth-order valence-electron chi connectivity index (χ4n) is 1.68. The number of rotatable bonds is 3. The van der Waals surface area contributed by atoms with Crippen molar-refractivity contribution in [3.05, 3.63) is 62.9 Å². The van der Waals surface area contributed by atoms with E-state index < -0.39 is 10.7 Å². The molecule has 2 aromatic carbocycles. The van der Waals surface area contributed by atoms with Gasteiger partial charge in [0.05, 0.1) is 15.5 Å². The smallest absolute Gasteiger partial charge is 0.277 e. The van der Waals surface area contributed by atoms with Crippen LogP contribution >= 0.6 is 11.6 Å². The van der Waals surface area contributed by atoms with E-state index in [1.54, 1.807) is 0 Å². The van der Waals surface area contributed by atoms with E-state index in [0.29, 0.717) is 11.8 Å². The van der Waals surface area contributed by atoms with Gasteiger partial charge in [0.2, 0.25) is 0 Å². The molecule has 0 aliphatic carbocycles. The maximum absolute atomic E-state index is 13.4. The van der Waals surface area contributed by atoms with Crippen LogP contribution in [0.15, 0.2) is 36.4 Å². The summed E-state index contributed by atoms with van der Waals surface area (Å²) in [7, 11) is 0. The zero-order chi connectivity index (χ0) is 14.0. The molecular formula is C13H7ClFNO3. The molecule has 0 heterocycles. The number of benzene rings is 2. The molecular weight excluding hydrogens is 273 g/mol. The Balaban J connectivity index is 2.63. The maximum Gasteiger partial charge on any atom is 0.277 e. The van der Waals surface area contributed by atoms with Gasteiger partial charge in [-0.2, -0.15) is 0 Å². The molecule has 0 saturated heterocycles. The van der Waals surface area contributed by atoms with Crippen LogP contribution in [0.5, 0.6) is 0 Å². The van der Waals surface area contributed by atoms with Gasteiger partial charge in [-0.3, -0.25) is 14.9 Å². The van der Waals surface area contributed by atoms with Crippen molar-refractivity contribution in [3.63, 3.8) is 0 Å². The minimum absolute atomic E-state index is 0.0593. The second-order valence-electron chi connectivity index (χ2n) is 3.78. The van der Waals surface area contributed by atoms with Crippen molar-refractivity contribution in [2.45, 2.75) is 0 Å². The molecule has 19 heavy (non-hydrogen) atoms. The number of aldehydes is 1. The number of nitro groups is 1. The van der Waals surface area contributed by atoms with Crippen LogP contribution in [0.3, 0.4) is 0 Å². The van der Waals surface area contributed by atoms with Gasteiger partial charge in [0.25, 0.3) is 5.69 Å². The van der Waals surface area contributed by atoms with E-state index in [1.807, 2.05) is 0 Å². The zero-order valence-corrected chi connectivity index (χ0v) is 10.2. The molecule has 0 bridgehead atoms. The average Bonchev–Trinajstić information content (AvgIpc) is 2.41. The molecule has 6 heteroatoms. The summed E-state index contributed by atoms with van der Waals surface area (Å²) in [4.78, 5) is 21.0. The number of hydrogen-bond donors (Lipinski definition) is 0. The van der Waals surface area contributed by atoms with Crippen LogP contribution in [0.2, 0.25) is 5.02 Å². The molecule has 0 fully saturated rings. The van der Waals surface area contributed by atoms with Crippen molar-refractivity contribution >= 4 is 23.6 Å². The lowest BCUT2D eigenvalue weighted by molar-refractivity contribution is -0.384. The number of halogens is 2. The van der Waals surface area contributed by atoms with Crippen LogP contribution in [0.1, 0.15) is 10.4 Å². The molecule has 0 aliphatic heterocycles. The first-order valence-electron chi connectivity index (χ1n) is 5.22. The molecule has 2 rings (SSSR count). The highest BCUT2D eigenvalue weighted by Gasteiger charge is 2.17. The first-order valence-corrected chi connectivity index (χ1v) is 5.60. The normalized spacial score (nSPS) is 10.2. The van der Waals surface area contributed by atoms with Crippen LogP contribution in [0.4, 0.5) is 10.1 Å². The highest BCUT2D eigenvalue weighted by Crippen LogP contribution is 2.32. The molecule has 0 spiro atoms. The Hall–Kier alpha value is -2.27. The Bertz CT molecular complexity index is 673. The largest absolute Gasteiger partial charge is 0.298 e. The first-order chi connectivity index (χ1) is 9.02. The summed E-state index contributed by atoms with van der Waals surface area (Å²) in [5, 5.41) is 10.9. The van der Waals surface area contributed by atoms with Crippen LogP contribution in [0, 0.1) is 15.9 Å². The summed E-state index contributed by atoms with van der Waals surface area (Å²) in [5.41, 5.74) is 0.480. The average molecular weight is 280 g/mol. The van der Waals surface area contributed by atoms with Crippen LogP contribution in [0.25, 0.3) is 11.1 Å². The predicted octanol–water partition coefficient (Wildman–Crippen LogP) is 3.87. The molecule has 0 radical (unpaired) electrons. The van der Waals surface area contributed by atoms with E-state index in [0.717, 1.165) is 12.1 Å². The minimum Gasteiger partial charge on any atom is -0.298 e. The van der Waals surface area contributed by atoms with Crippen molar-refractivity contribution in [2.24, 2.45) is 0 Å². The van der Waals surface area contributed by atoms with E-state index in [-0.39, 0.29) is 21.8 Å². The molecule has 0 amide bonds. The standard InChI is InChI=1S/C13H7ClFNO3/c14-11-4-2-9(6-12(11)15)10-3-1-8(7-17)5-13(10)16(18)19/h1-7H. The second kappa shape index (κ2) is 5.16. The summed E-state index contributed by atoms with van der Waals surface area (Å²) < 4.78 is 13.4. The molecule has 0 aromatic heterocycles. The Morgan fingerprint density at radius 2 is 1.95 bits per heavy atom. The first kappa shape index (κ1) is 13.2. The Labute approximate surface area is 112 Å². The molecule has 0 aliphatic rings. The fourth-order valence-corrected chi connectivity index (χ4v) is 1.80. The molecule has 0 atom stereocenters. The van der Waals surface area contributed by atoms with Crippen LogP contribution < -0.4 is 0 Å². The van der Waals surface area contributed by atoms with Crippen molar-refractivity contribution in [3.8, 4) is 11.1 Å². The summed E-state index contributed by atoms with van der Waals surface area (Å²) in [6.45, 7) is 0. The second-order valence-corrected chi connectivity index (χ2v) is 4.19. The summed E-state index contributed by atoms with van der Waals surface area (Å²) in [6.07, 6.45) is 0.513. The van der Waals surface area contributed by atoms with Gasteiger partial charge >= 0.3 is 0 Å². The van der Waals surface area contributed by atoms with Gasteiger partial charge in [-0.15, -0.1) is 0 Å². The number of hydrogen-bond acceptors (Lipinski definition) is 3. The van der Waals surface area contributed by atoms with Gasteiger partial charge in [-0.25, -0.2) is 4.39 Å². The molecule has 0 unspecified atom stereocenters. The van der Waals surface area contributed by atoms with Gasteiger partial charge in [-0.05, 0) is 23.8 Å². The number of nitrogens with zero attached hydrogens (tertiary/aromatic N) is 1. The van der Waals surface area contributed by atoms with Gasteiger partial charge in [0.15, 0.2) is 0 Å². The lowest BCUT2D eigenvalue weighted by Crippen LogP contribution is -1.94. The van der Waals surface area contributed by atoms with Gasteiger partial charge in [0.1, 0.15) is 12.1 Å². The van der Waals surface area contributed by atoms with Crippen molar-refractivity contribution in [2.75, 3.05) is 0 Å². The van der Waals surface area contributed by atoms with Crippen molar-refractivity contribution in [1.29, 1.82) is 0 Å². The number of nitro benzene ring substituents is 1. The van der Waals surface area contributed by atoms with E-state index in [4.69, 9.17) is 11.6 Å². The molecule has 0 saturated carbocycles. The van der Waals surface area contributed by atoms with E-state index >= 15 is 0 Å². The highest BCUT2D eigenvalue weighted by molar-refractivity contribution is 6.30. The molecule has 96 valence electrons. The predicted molar refractivity (Wildman–Crippen MR) is 68.9 cm³/mol. The highest BCUT2D eigenvalue weighted by atomic mass is 35.5. The number of carbonyl (C=O) groups is 1. The zero-order valence-electron chi connectivity index (χ0n) is 9.47. The summed E-state index contributed by atoms with van der Waals surface area (Å²) in [6, 6.07) is 7.91. The Morgan fingerprint density at radius 3 is 2.53 bits per heavy atom. The van der Waals surface area contributed by atoms with Crippen LogP contribution in [-0.4, -0.2) is 11.2 Å². The van der Waals surface area contributed by atoms with E-state index in [9.17, 15) is 19.3 Å². The minimum atomic E-state index is -0.659. The molecule has 0 N–H and O–H groups in total. The van der Waals surface area contributed by atoms with E-state index in [1.165, 1.54) is 24.3 Å². The molecule has 4 nitrogen and oxygen atoms in total. The van der Waals surface area contributed by atoms with E-state index in [2.05, 4.69) is 0 Å². The summed E-state index contributed by atoms with van der Waals surface area (Å²) in [5.74, 6) is -0.659. The monoisotopic (exact) mass is 279 g/mol. The van der Waals surface area contributed by atoms with Crippen LogP contribution in [-0.2, 0) is 0 Å². The Morgan fingerprint density at radius 1 is 1.21 bits per heavy atom. The van der Waals surface area contributed by atoms with Gasteiger partial charge in [-0.1, -0.05) is 23.7 Å². The van der Waals surface area contributed by atoms with Gasteiger partial charge < -0.3 is 0 Å². The maximum atomic E-state index is 13.4. The number of carbonyl (C=O) groups excluding carboxylic acids is 1. The lowest BCUT2D eigenvalue weighted by Gasteiger charge is -2.05. The lowest BCUT2D eigenvalue weighted by atomic mass is 10.0. The SMILES string of the molecule is O=Cc1ccc(-c2ccc(Cl)c(F)c2)c([N+](=O)[O-])c1. The third-order valence-electron chi connectivity index (χ3n) is 2.59. The fraction of sp³-hybridized carbons (Fsp3) is 0. The summed E-state index contributed by atoms with van der Waals surface area (Å²) >= 11 is 5.56. The third kappa shape index (κ3) is 2.61.